The molecule has 0 saturated carbocycles. The maximum atomic E-state index is 13.0. The molecule has 0 fully saturated rings. The smallest absolute Gasteiger partial charge is 0.307 e. The standard InChI is InChI=1S/C20H25NO5S/c1-5-26-20(22)13-17(16-9-6-14(2)7-10-16)21-27(23,24)19-12-15(3)8-11-18(19)25-4/h6-12,17,21H,5,13H2,1-4H3/t17-/m1/s1. The molecule has 1 atom stereocenters. The molecule has 7 heteroatoms. The van der Waals surface area contributed by atoms with Gasteiger partial charge in [0.25, 0.3) is 0 Å². The fraction of sp³-hybridized carbons (Fsp3) is 0.350. The molecule has 0 radical (unpaired) electrons. The molecule has 6 nitrogen and oxygen atoms in total. The lowest BCUT2D eigenvalue weighted by Crippen LogP contribution is -2.31. The van der Waals surface area contributed by atoms with Gasteiger partial charge >= 0.3 is 5.97 Å². The Morgan fingerprint density at radius 2 is 1.70 bits per heavy atom. The minimum Gasteiger partial charge on any atom is -0.495 e. The third-order valence-electron chi connectivity index (χ3n) is 4.06. The fourth-order valence-corrected chi connectivity index (χ4v) is 4.14. The van der Waals surface area contributed by atoms with Crippen LogP contribution in [-0.4, -0.2) is 28.1 Å². The Balaban J connectivity index is 2.39. The van der Waals surface area contributed by atoms with Gasteiger partial charge in [0.05, 0.1) is 26.2 Å². The summed E-state index contributed by atoms with van der Waals surface area (Å²) in [4.78, 5) is 12.0. The number of sulfonamides is 1. The van der Waals surface area contributed by atoms with Gasteiger partial charge in [0.2, 0.25) is 10.0 Å². The van der Waals surface area contributed by atoms with E-state index >= 15 is 0 Å². The number of methoxy groups -OCH3 is 1. The average Bonchev–Trinajstić information content (AvgIpc) is 2.62. The molecule has 0 aliphatic rings. The van der Waals surface area contributed by atoms with Gasteiger partial charge in [0, 0.05) is 0 Å². The lowest BCUT2D eigenvalue weighted by atomic mass is 10.0. The van der Waals surface area contributed by atoms with E-state index in [0.717, 1.165) is 11.1 Å². The maximum Gasteiger partial charge on any atom is 0.307 e. The molecule has 0 spiro atoms. The van der Waals surface area contributed by atoms with Crippen molar-refractivity contribution in [2.24, 2.45) is 0 Å². The molecule has 2 aromatic rings. The van der Waals surface area contributed by atoms with Crippen molar-refractivity contribution in [2.75, 3.05) is 13.7 Å². The first-order valence-corrected chi connectivity index (χ1v) is 10.1. The molecule has 0 bridgehead atoms. The lowest BCUT2D eigenvalue weighted by Gasteiger charge is -2.20. The monoisotopic (exact) mass is 391 g/mol. The van der Waals surface area contributed by atoms with Crippen LogP contribution in [-0.2, 0) is 19.6 Å². The number of hydrogen-bond donors (Lipinski definition) is 1. The van der Waals surface area contributed by atoms with Crippen LogP contribution in [0.1, 0.15) is 36.1 Å². The summed E-state index contributed by atoms with van der Waals surface area (Å²) in [5, 5.41) is 0. The summed E-state index contributed by atoms with van der Waals surface area (Å²) in [6, 6.07) is 11.5. The second kappa shape index (κ2) is 9.01. The van der Waals surface area contributed by atoms with Gasteiger partial charge in [-0.15, -0.1) is 0 Å². The molecule has 146 valence electrons. The van der Waals surface area contributed by atoms with E-state index in [-0.39, 0.29) is 23.7 Å². The van der Waals surface area contributed by atoms with E-state index in [0.29, 0.717) is 5.56 Å². The van der Waals surface area contributed by atoms with Gasteiger partial charge in [-0.05, 0) is 44.0 Å². The molecule has 2 rings (SSSR count). The molecular formula is C20H25NO5S. The van der Waals surface area contributed by atoms with Crippen molar-refractivity contribution in [1.29, 1.82) is 0 Å². The molecule has 0 heterocycles. The first-order chi connectivity index (χ1) is 12.8. The lowest BCUT2D eigenvalue weighted by molar-refractivity contribution is -0.143. The molecule has 0 saturated heterocycles. The summed E-state index contributed by atoms with van der Waals surface area (Å²) in [5.41, 5.74) is 2.51. The SMILES string of the molecule is CCOC(=O)C[C@@H](NS(=O)(=O)c1cc(C)ccc1OC)c1ccc(C)cc1. The number of nitrogens with one attached hydrogen (secondary N) is 1. The van der Waals surface area contributed by atoms with Crippen LogP contribution in [0.15, 0.2) is 47.4 Å². The Morgan fingerprint density at radius 3 is 2.30 bits per heavy atom. The number of rotatable bonds is 8. The summed E-state index contributed by atoms with van der Waals surface area (Å²) in [7, 11) is -2.51. The zero-order valence-electron chi connectivity index (χ0n) is 16.0. The van der Waals surface area contributed by atoms with E-state index < -0.39 is 22.0 Å². The van der Waals surface area contributed by atoms with Crippen LogP contribution >= 0.6 is 0 Å². The molecular weight excluding hydrogens is 366 g/mol. The number of hydrogen-bond acceptors (Lipinski definition) is 5. The Labute approximate surface area is 160 Å². The molecule has 0 amide bonds. The van der Waals surface area contributed by atoms with Crippen molar-refractivity contribution in [3.8, 4) is 5.75 Å². The molecule has 0 aliphatic carbocycles. The van der Waals surface area contributed by atoms with Gasteiger partial charge < -0.3 is 9.47 Å². The van der Waals surface area contributed by atoms with Crippen LogP contribution in [0.2, 0.25) is 0 Å². The maximum absolute atomic E-state index is 13.0. The number of ether oxygens (including phenoxy) is 2. The van der Waals surface area contributed by atoms with Gasteiger partial charge in [-0.3, -0.25) is 4.79 Å². The first-order valence-electron chi connectivity index (χ1n) is 8.66. The van der Waals surface area contributed by atoms with E-state index in [1.165, 1.54) is 13.2 Å². The average molecular weight is 391 g/mol. The number of esters is 1. The van der Waals surface area contributed by atoms with Crippen LogP contribution in [0.25, 0.3) is 0 Å². The van der Waals surface area contributed by atoms with Gasteiger partial charge in [-0.2, -0.15) is 0 Å². The molecule has 0 aromatic heterocycles. The first kappa shape index (κ1) is 20.9. The number of carbonyl (C=O) groups is 1. The third kappa shape index (κ3) is 5.55. The van der Waals surface area contributed by atoms with Crippen LogP contribution in [0.3, 0.4) is 0 Å². The molecule has 0 aliphatic heterocycles. The van der Waals surface area contributed by atoms with Crippen LogP contribution in [0.5, 0.6) is 5.75 Å². The van der Waals surface area contributed by atoms with Crippen LogP contribution < -0.4 is 9.46 Å². The summed E-state index contributed by atoms with van der Waals surface area (Å²) >= 11 is 0. The second-order valence-electron chi connectivity index (χ2n) is 6.25. The van der Waals surface area contributed by atoms with Crippen molar-refractivity contribution in [2.45, 2.75) is 38.1 Å². The molecule has 27 heavy (non-hydrogen) atoms. The second-order valence-corrected chi connectivity index (χ2v) is 7.93. The number of carbonyl (C=O) groups excluding carboxylic acids is 1. The van der Waals surface area contributed by atoms with E-state index in [2.05, 4.69) is 4.72 Å². The third-order valence-corrected chi connectivity index (χ3v) is 5.55. The minimum atomic E-state index is -3.93. The highest BCUT2D eigenvalue weighted by molar-refractivity contribution is 7.89. The van der Waals surface area contributed by atoms with E-state index in [1.807, 2.05) is 19.1 Å². The van der Waals surface area contributed by atoms with E-state index in [1.54, 1.807) is 38.1 Å². The van der Waals surface area contributed by atoms with Gasteiger partial charge in [-0.1, -0.05) is 35.9 Å². The van der Waals surface area contributed by atoms with Crippen molar-refractivity contribution in [3.05, 3.63) is 59.2 Å². The molecule has 1 N–H and O–H groups in total. The Kier molecular flexibility index (Phi) is 6.98. The molecule has 2 aromatic carbocycles. The minimum absolute atomic E-state index is 0.0333. The van der Waals surface area contributed by atoms with E-state index in [9.17, 15) is 13.2 Å². The predicted octanol–water partition coefficient (Wildman–Crippen LogP) is 3.28. The largest absolute Gasteiger partial charge is 0.495 e. The predicted molar refractivity (Wildman–Crippen MR) is 103 cm³/mol. The van der Waals surface area contributed by atoms with Crippen molar-refractivity contribution in [1.82, 2.24) is 4.72 Å². The summed E-state index contributed by atoms with van der Waals surface area (Å²) in [6.45, 7) is 5.68. The topological polar surface area (TPSA) is 81.7 Å². The number of aryl methyl sites for hydroxylation is 2. The van der Waals surface area contributed by atoms with Gasteiger partial charge in [0.1, 0.15) is 10.6 Å². The number of benzene rings is 2. The Hall–Kier alpha value is -2.38. The highest BCUT2D eigenvalue weighted by Gasteiger charge is 2.26. The normalized spacial score (nSPS) is 12.4. The fourth-order valence-electron chi connectivity index (χ4n) is 2.66. The Morgan fingerprint density at radius 1 is 1.07 bits per heavy atom. The van der Waals surface area contributed by atoms with Crippen molar-refractivity contribution in [3.63, 3.8) is 0 Å². The summed E-state index contributed by atoms with van der Waals surface area (Å²) < 4.78 is 38.9. The van der Waals surface area contributed by atoms with Crippen LogP contribution in [0.4, 0.5) is 0 Å². The van der Waals surface area contributed by atoms with Gasteiger partial charge in [0.15, 0.2) is 0 Å². The highest BCUT2D eigenvalue weighted by atomic mass is 32.2. The van der Waals surface area contributed by atoms with Crippen molar-refractivity contribution < 1.29 is 22.7 Å². The molecule has 0 unspecified atom stereocenters. The Bertz CT molecular complexity index is 891. The summed E-state index contributed by atoms with van der Waals surface area (Å²) in [5.74, 6) is -0.228. The zero-order valence-corrected chi connectivity index (χ0v) is 16.8. The quantitative estimate of drug-likeness (QED) is 0.699. The summed E-state index contributed by atoms with van der Waals surface area (Å²) in [6.07, 6.45) is -0.107. The van der Waals surface area contributed by atoms with Crippen molar-refractivity contribution >= 4 is 16.0 Å². The van der Waals surface area contributed by atoms with Crippen LogP contribution in [0, 0.1) is 13.8 Å². The van der Waals surface area contributed by atoms with E-state index in [4.69, 9.17) is 9.47 Å². The zero-order chi connectivity index (χ0) is 20.0. The van der Waals surface area contributed by atoms with Gasteiger partial charge in [-0.25, -0.2) is 13.1 Å². The highest BCUT2D eigenvalue weighted by Crippen LogP contribution is 2.27.